The summed E-state index contributed by atoms with van der Waals surface area (Å²) >= 11 is 18.1. The summed E-state index contributed by atoms with van der Waals surface area (Å²) in [5.74, 6) is -0.219. The molecule has 1 aliphatic heterocycles. The lowest BCUT2D eigenvalue weighted by Crippen LogP contribution is -2.40. The molecule has 2 aromatic rings. The average molecular weight is 433 g/mol. The summed E-state index contributed by atoms with van der Waals surface area (Å²) in [7, 11) is -3.14. The summed E-state index contributed by atoms with van der Waals surface area (Å²) in [6.07, 6.45) is 0.410. The van der Waals surface area contributed by atoms with E-state index in [0.29, 0.717) is 32.6 Å². The molecule has 0 saturated carbocycles. The Bertz CT molecular complexity index is 929. The van der Waals surface area contributed by atoms with E-state index in [1.807, 2.05) is 0 Å². The summed E-state index contributed by atoms with van der Waals surface area (Å²) < 4.78 is 23.8. The first kappa shape index (κ1) is 19.5. The molecule has 4 nitrogen and oxygen atoms in total. The van der Waals surface area contributed by atoms with Crippen LogP contribution in [0.3, 0.4) is 0 Å². The van der Waals surface area contributed by atoms with E-state index in [2.05, 4.69) is 0 Å². The molecule has 1 amide bonds. The Kier molecular flexibility index (Phi) is 5.82. The van der Waals surface area contributed by atoms with Crippen molar-refractivity contribution in [2.45, 2.75) is 19.0 Å². The molecule has 0 unspecified atom stereocenters. The smallest absolute Gasteiger partial charge is 0.254 e. The summed E-state index contributed by atoms with van der Waals surface area (Å²) in [4.78, 5) is 14.6. The predicted octanol–water partition coefficient (Wildman–Crippen LogP) is 4.48. The molecule has 0 spiro atoms. The van der Waals surface area contributed by atoms with Gasteiger partial charge in [0.05, 0.1) is 11.5 Å². The third kappa shape index (κ3) is 4.52. The van der Waals surface area contributed by atoms with Crippen LogP contribution in [0.2, 0.25) is 15.1 Å². The van der Waals surface area contributed by atoms with Gasteiger partial charge in [0, 0.05) is 33.2 Å². The third-order valence-corrected chi connectivity index (χ3v) is 6.95. The first-order chi connectivity index (χ1) is 12.2. The molecule has 0 bridgehead atoms. The van der Waals surface area contributed by atoms with Gasteiger partial charge in [0.15, 0.2) is 9.84 Å². The molecule has 1 saturated heterocycles. The summed E-state index contributed by atoms with van der Waals surface area (Å²) in [6.45, 7) is 0.206. The molecular weight excluding hydrogens is 417 g/mol. The second kappa shape index (κ2) is 7.77. The Morgan fingerprint density at radius 3 is 2.27 bits per heavy atom. The lowest BCUT2D eigenvalue weighted by Gasteiger charge is -2.29. The van der Waals surface area contributed by atoms with E-state index < -0.39 is 15.9 Å². The molecular formula is C18H16Cl3NO3S. The topological polar surface area (TPSA) is 54.5 Å². The Labute approximate surface area is 167 Å². The van der Waals surface area contributed by atoms with Gasteiger partial charge in [-0.3, -0.25) is 4.79 Å². The summed E-state index contributed by atoms with van der Waals surface area (Å²) in [5.41, 5.74) is 1.16. The maximum absolute atomic E-state index is 13.1. The first-order valence-corrected chi connectivity index (χ1v) is 10.9. The van der Waals surface area contributed by atoms with Crippen LogP contribution >= 0.6 is 34.8 Å². The molecule has 0 N–H and O–H groups in total. The molecule has 26 heavy (non-hydrogen) atoms. The van der Waals surface area contributed by atoms with Crippen LogP contribution in [-0.4, -0.2) is 36.8 Å². The SMILES string of the molecule is O=C(c1ccc(Cl)cc1)N(Cc1ccc(Cl)cc1Cl)[C@H]1CCS(=O)(=O)C1. The zero-order chi connectivity index (χ0) is 18.9. The van der Waals surface area contributed by atoms with E-state index in [1.54, 1.807) is 47.4 Å². The van der Waals surface area contributed by atoms with Crippen LogP contribution in [0.4, 0.5) is 0 Å². The number of amides is 1. The number of rotatable bonds is 4. The quantitative estimate of drug-likeness (QED) is 0.716. The minimum atomic E-state index is -3.14. The number of sulfone groups is 1. The van der Waals surface area contributed by atoms with Crippen molar-refractivity contribution >= 4 is 50.5 Å². The number of nitrogens with zero attached hydrogens (tertiary/aromatic N) is 1. The van der Waals surface area contributed by atoms with Crippen LogP contribution in [-0.2, 0) is 16.4 Å². The molecule has 3 rings (SSSR count). The second-order valence-corrected chi connectivity index (χ2v) is 9.74. The highest BCUT2D eigenvalue weighted by molar-refractivity contribution is 7.91. The van der Waals surface area contributed by atoms with Gasteiger partial charge in [0.2, 0.25) is 0 Å². The van der Waals surface area contributed by atoms with Gasteiger partial charge in [-0.25, -0.2) is 8.42 Å². The molecule has 1 atom stereocenters. The minimum absolute atomic E-state index is 0.0441. The Hall–Kier alpha value is -1.27. The Morgan fingerprint density at radius 2 is 1.69 bits per heavy atom. The maximum Gasteiger partial charge on any atom is 0.254 e. The average Bonchev–Trinajstić information content (AvgIpc) is 2.94. The maximum atomic E-state index is 13.1. The monoisotopic (exact) mass is 431 g/mol. The molecule has 2 aromatic carbocycles. The number of carbonyl (C=O) groups excluding carboxylic acids is 1. The van der Waals surface area contributed by atoms with Gasteiger partial charge in [0.25, 0.3) is 5.91 Å². The van der Waals surface area contributed by atoms with Crippen molar-refractivity contribution in [3.63, 3.8) is 0 Å². The number of hydrogen-bond donors (Lipinski definition) is 0. The molecule has 138 valence electrons. The highest BCUT2D eigenvalue weighted by Crippen LogP contribution is 2.27. The largest absolute Gasteiger partial charge is 0.330 e. The van der Waals surface area contributed by atoms with E-state index in [4.69, 9.17) is 34.8 Å². The minimum Gasteiger partial charge on any atom is -0.330 e. The molecule has 0 aromatic heterocycles. The number of carbonyl (C=O) groups is 1. The van der Waals surface area contributed by atoms with E-state index in [1.165, 1.54) is 0 Å². The highest BCUT2D eigenvalue weighted by atomic mass is 35.5. The van der Waals surface area contributed by atoms with Gasteiger partial charge in [0.1, 0.15) is 0 Å². The molecule has 0 aliphatic carbocycles. The van der Waals surface area contributed by atoms with Gasteiger partial charge in [-0.2, -0.15) is 0 Å². The third-order valence-electron chi connectivity index (χ3n) is 4.36. The van der Waals surface area contributed by atoms with Crippen molar-refractivity contribution in [2.75, 3.05) is 11.5 Å². The van der Waals surface area contributed by atoms with Gasteiger partial charge in [-0.15, -0.1) is 0 Å². The fourth-order valence-electron chi connectivity index (χ4n) is 2.98. The van der Waals surface area contributed by atoms with Crippen molar-refractivity contribution in [1.82, 2.24) is 4.90 Å². The van der Waals surface area contributed by atoms with E-state index >= 15 is 0 Å². The van der Waals surface area contributed by atoms with Crippen molar-refractivity contribution in [2.24, 2.45) is 0 Å². The zero-order valence-corrected chi connectivity index (χ0v) is 16.7. The second-order valence-electron chi connectivity index (χ2n) is 6.23. The van der Waals surface area contributed by atoms with E-state index in [0.717, 1.165) is 0 Å². The van der Waals surface area contributed by atoms with Crippen LogP contribution in [0.15, 0.2) is 42.5 Å². The fourth-order valence-corrected chi connectivity index (χ4v) is 5.30. The zero-order valence-electron chi connectivity index (χ0n) is 13.7. The molecule has 1 aliphatic rings. The fraction of sp³-hybridized carbons (Fsp3) is 0.278. The summed E-state index contributed by atoms with van der Waals surface area (Å²) in [6, 6.07) is 11.2. The van der Waals surface area contributed by atoms with Crippen molar-refractivity contribution in [3.05, 3.63) is 68.7 Å². The van der Waals surface area contributed by atoms with Crippen molar-refractivity contribution in [1.29, 1.82) is 0 Å². The van der Waals surface area contributed by atoms with Crippen molar-refractivity contribution in [3.8, 4) is 0 Å². The standard InChI is InChI=1S/C18H16Cl3NO3S/c19-14-4-1-12(2-5-14)18(23)22(16-7-8-26(24,25)11-16)10-13-3-6-15(20)9-17(13)21/h1-6,9,16H,7-8,10-11H2/t16-/m0/s1. The Balaban J connectivity index is 1.93. The lowest BCUT2D eigenvalue weighted by molar-refractivity contribution is 0.0681. The van der Waals surface area contributed by atoms with Gasteiger partial charge in [-0.05, 0) is 48.4 Å². The lowest BCUT2D eigenvalue weighted by atomic mass is 10.1. The van der Waals surface area contributed by atoms with Crippen molar-refractivity contribution < 1.29 is 13.2 Å². The number of halogens is 3. The van der Waals surface area contributed by atoms with Crippen LogP contribution in [0.1, 0.15) is 22.3 Å². The summed E-state index contributed by atoms with van der Waals surface area (Å²) in [5, 5.41) is 1.46. The highest BCUT2D eigenvalue weighted by Gasteiger charge is 2.35. The molecule has 0 radical (unpaired) electrons. The Morgan fingerprint density at radius 1 is 1.04 bits per heavy atom. The first-order valence-electron chi connectivity index (χ1n) is 7.96. The van der Waals surface area contributed by atoms with Crippen LogP contribution in [0.25, 0.3) is 0 Å². The van der Waals surface area contributed by atoms with E-state index in [9.17, 15) is 13.2 Å². The molecule has 8 heteroatoms. The van der Waals surface area contributed by atoms with Gasteiger partial charge in [-0.1, -0.05) is 40.9 Å². The van der Waals surface area contributed by atoms with Gasteiger partial charge < -0.3 is 4.90 Å². The molecule has 1 heterocycles. The van der Waals surface area contributed by atoms with Crippen LogP contribution in [0, 0.1) is 0 Å². The van der Waals surface area contributed by atoms with Gasteiger partial charge >= 0.3 is 0 Å². The normalized spacial score (nSPS) is 18.7. The number of benzene rings is 2. The van der Waals surface area contributed by atoms with Crippen LogP contribution < -0.4 is 0 Å². The number of hydrogen-bond acceptors (Lipinski definition) is 3. The predicted molar refractivity (Wildman–Crippen MR) is 105 cm³/mol. The van der Waals surface area contributed by atoms with Crippen LogP contribution in [0.5, 0.6) is 0 Å². The molecule has 1 fully saturated rings. The van der Waals surface area contributed by atoms with E-state index in [-0.39, 0.29) is 24.0 Å².